The van der Waals surface area contributed by atoms with Gasteiger partial charge in [0.05, 0.1) is 11.9 Å². The Hall–Kier alpha value is -2.65. The van der Waals surface area contributed by atoms with E-state index >= 15 is 0 Å². The third kappa shape index (κ3) is 5.93. The fourth-order valence-corrected chi connectivity index (χ4v) is 3.87. The van der Waals surface area contributed by atoms with Crippen LogP contribution in [-0.2, 0) is 26.2 Å². The smallest absolute Gasteiger partial charge is 0.244 e. The quantitative estimate of drug-likeness (QED) is 0.662. The first kappa shape index (κ1) is 23.6. The molecule has 0 saturated carbocycles. The van der Waals surface area contributed by atoms with Gasteiger partial charge in [0.25, 0.3) is 0 Å². The van der Waals surface area contributed by atoms with Crippen LogP contribution in [0.4, 0.5) is 10.1 Å². The van der Waals surface area contributed by atoms with Gasteiger partial charge >= 0.3 is 0 Å². The summed E-state index contributed by atoms with van der Waals surface area (Å²) in [5.41, 5.74) is 0.409. The topological polar surface area (TPSA) is 86.8 Å². The average Bonchev–Trinajstić information content (AvgIpc) is 2.69. The Morgan fingerprint density at radius 2 is 1.83 bits per heavy atom. The van der Waals surface area contributed by atoms with Gasteiger partial charge in [-0.05, 0) is 31.2 Å². The molecule has 0 aliphatic heterocycles. The van der Waals surface area contributed by atoms with Crippen LogP contribution >= 0.6 is 11.6 Å². The fourth-order valence-electron chi connectivity index (χ4n) is 2.85. The molecule has 0 saturated heterocycles. The van der Waals surface area contributed by atoms with Gasteiger partial charge in [-0.1, -0.05) is 35.9 Å². The first-order chi connectivity index (χ1) is 14.0. The highest BCUT2D eigenvalue weighted by Gasteiger charge is 2.30. The van der Waals surface area contributed by atoms with Crippen molar-refractivity contribution in [2.45, 2.75) is 19.5 Å². The van der Waals surface area contributed by atoms with Crippen molar-refractivity contribution >= 4 is 39.1 Å². The molecule has 10 heteroatoms. The average molecular weight is 456 g/mol. The van der Waals surface area contributed by atoms with Gasteiger partial charge in [-0.3, -0.25) is 13.9 Å². The maximum Gasteiger partial charge on any atom is 0.244 e. The number of hydrogen-bond donors (Lipinski definition) is 1. The Balaban J connectivity index is 2.40. The van der Waals surface area contributed by atoms with Crippen LogP contribution in [0.15, 0.2) is 48.5 Å². The summed E-state index contributed by atoms with van der Waals surface area (Å²) in [6, 6.07) is 11.0. The van der Waals surface area contributed by atoms with Crippen molar-refractivity contribution < 1.29 is 22.4 Å². The predicted octanol–water partition coefficient (Wildman–Crippen LogP) is 2.41. The minimum Gasteiger partial charge on any atom is -0.357 e. The van der Waals surface area contributed by atoms with E-state index in [0.29, 0.717) is 5.02 Å². The van der Waals surface area contributed by atoms with E-state index < -0.39 is 40.2 Å². The molecule has 2 aromatic rings. The Morgan fingerprint density at radius 1 is 1.17 bits per heavy atom. The molecular weight excluding hydrogens is 433 g/mol. The van der Waals surface area contributed by atoms with Crippen molar-refractivity contribution in [3.05, 3.63) is 64.9 Å². The largest absolute Gasteiger partial charge is 0.357 e. The molecule has 0 spiro atoms. The number of carbonyl (C=O) groups is 2. The molecule has 162 valence electrons. The summed E-state index contributed by atoms with van der Waals surface area (Å²) in [6.07, 6.45) is 0.963. The molecule has 1 N–H and O–H groups in total. The zero-order chi connectivity index (χ0) is 22.5. The Labute approximate surface area is 180 Å². The Bertz CT molecular complexity index is 1030. The zero-order valence-electron chi connectivity index (χ0n) is 16.8. The second kappa shape index (κ2) is 9.90. The van der Waals surface area contributed by atoms with Crippen molar-refractivity contribution in [3.63, 3.8) is 0 Å². The van der Waals surface area contributed by atoms with E-state index in [1.165, 1.54) is 44.3 Å². The molecule has 0 radical (unpaired) electrons. The lowest BCUT2D eigenvalue weighted by molar-refractivity contribution is -0.139. The third-order valence-electron chi connectivity index (χ3n) is 4.49. The highest BCUT2D eigenvalue weighted by atomic mass is 35.5. The van der Waals surface area contributed by atoms with Crippen LogP contribution in [0.25, 0.3) is 0 Å². The van der Waals surface area contributed by atoms with E-state index in [0.717, 1.165) is 15.5 Å². The van der Waals surface area contributed by atoms with Crippen LogP contribution < -0.4 is 9.62 Å². The van der Waals surface area contributed by atoms with Crippen LogP contribution in [-0.4, -0.2) is 51.0 Å². The summed E-state index contributed by atoms with van der Waals surface area (Å²) in [5, 5.41) is 2.75. The lowest BCUT2D eigenvalue weighted by Crippen LogP contribution is -2.50. The number of carbonyl (C=O) groups excluding carboxylic acids is 2. The monoisotopic (exact) mass is 455 g/mol. The molecule has 0 aliphatic carbocycles. The van der Waals surface area contributed by atoms with Gasteiger partial charge in [0.2, 0.25) is 21.8 Å². The lowest BCUT2D eigenvalue weighted by atomic mass is 10.1. The number of halogens is 2. The van der Waals surface area contributed by atoms with Crippen molar-refractivity contribution in [2.24, 2.45) is 0 Å². The van der Waals surface area contributed by atoms with Gasteiger partial charge < -0.3 is 10.2 Å². The molecule has 1 atom stereocenters. The van der Waals surface area contributed by atoms with E-state index in [1.54, 1.807) is 18.2 Å². The Morgan fingerprint density at radius 3 is 2.40 bits per heavy atom. The molecule has 30 heavy (non-hydrogen) atoms. The standard InChI is InChI=1S/C20H23ClFN3O4S/c1-14(20(27)23-2)24(12-15-7-4-5-10-18(15)22)19(26)13-25(30(3,28)29)17-9-6-8-16(21)11-17/h4-11,14H,12-13H2,1-3H3,(H,23,27). The number of hydrogen-bond acceptors (Lipinski definition) is 4. The lowest BCUT2D eigenvalue weighted by Gasteiger charge is -2.31. The second-order valence-corrected chi connectivity index (χ2v) is 9.00. The van der Waals surface area contributed by atoms with Crippen LogP contribution in [0.2, 0.25) is 5.02 Å². The summed E-state index contributed by atoms with van der Waals surface area (Å²) in [6.45, 7) is 0.712. The number of likely N-dealkylation sites (N-methyl/N-ethyl adjacent to an activating group) is 1. The summed E-state index contributed by atoms with van der Waals surface area (Å²) in [7, 11) is -2.43. The van der Waals surface area contributed by atoms with Gasteiger partial charge in [-0.25, -0.2) is 12.8 Å². The van der Waals surface area contributed by atoms with E-state index in [9.17, 15) is 22.4 Å². The zero-order valence-corrected chi connectivity index (χ0v) is 18.4. The molecule has 0 aromatic heterocycles. The van der Waals surface area contributed by atoms with Crippen molar-refractivity contribution in [3.8, 4) is 0 Å². The molecule has 2 amide bonds. The Kier molecular flexibility index (Phi) is 7.80. The maximum atomic E-state index is 14.2. The predicted molar refractivity (Wildman–Crippen MR) is 114 cm³/mol. The van der Waals surface area contributed by atoms with Crippen LogP contribution in [0.3, 0.4) is 0 Å². The van der Waals surface area contributed by atoms with Crippen molar-refractivity contribution in [1.29, 1.82) is 0 Å². The van der Waals surface area contributed by atoms with Crippen molar-refractivity contribution in [2.75, 3.05) is 24.2 Å². The third-order valence-corrected chi connectivity index (χ3v) is 5.86. The SMILES string of the molecule is CNC(=O)C(C)N(Cc1ccccc1F)C(=O)CN(c1cccc(Cl)c1)S(C)(=O)=O. The summed E-state index contributed by atoms with van der Waals surface area (Å²) in [4.78, 5) is 26.4. The summed E-state index contributed by atoms with van der Waals surface area (Å²) >= 11 is 5.96. The number of amides is 2. The number of anilines is 1. The number of sulfonamides is 1. The minimum atomic E-state index is -3.84. The highest BCUT2D eigenvalue weighted by molar-refractivity contribution is 7.92. The van der Waals surface area contributed by atoms with E-state index in [2.05, 4.69) is 5.32 Å². The van der Waals surface area contributed by atoms with Gasteiger partial charge in [0, 0.05) is 24.2 Å². The molecule has 0 fully saturated rings. The van der Waals surface area contributed by atoms with Gasteiger partial charge in [0.15, 0.2) is 0 Å². The molecule has 7 nitrogen and oxygen atoms in total. The fraction of sp³-hybridized carbons (Fsp3) is 0.300. The van der Waals surface area contributed by atoms with E-state index in [-0.39, 0.29) is 17.8 Å². The molecule has 2 aromatic carbocycles. The van der Waals surface area contributed by atoms with E-state index in [1.807, 2.05) is 0 Å². The summed E-state index contributed by atoms with van der Waals surface area (Å²) in [5.74, 6) is -1.66. The van der Waals surface area contributed by atoms with Crippen LogP contribution in [0, 0.1) is 5.82 Å². The maximum absolute atomic E-state index is 14.2. The first-order valence-corrected chi connectivity index (χ1v) is 11.2. The number of nitrogens with one attached hydrogen (secondary N) is 1. The van der Waals surface area contributed by atoms with Crippen LogP contribution in [0.5, 0.6) is 0 Å². The van der Waals surface area contributed by atoms with Gasteiger partial charge in [0.1, 0.15) is 18.4 Å². The second-order valence-electron chi connectivity index (χ2n) is 6.65. The minimum absolute atomic E-state index is 0.201. The number of nitrogens with zero attached hydrogens (tertiary/aromatic N) is 2. The number of rotatable bonds is 8. The van der Waals surface area contributed by atoms with E-state index in [4.69, 9.17) is 11.6 Å². The molecule has 0 aliphatic rings. The van der Waals surface area contributed by atoms with Gasteiger partial charge in [-0.15, -0.1) is 0 Å². The molecule has 0 bridgehead atoms. The van der Waals surface area contributed by atoms with Gasteiger partial charge in [-0.2, -0.15) is 0 Å². The summed E-state index contributed by atoms with van der Waals surface area (Å²) < 4.78 is 39.7. The molecule has 2 rings (SSSR count). The molecule has 1 unspecified atom stereocenters. The van der Waals surface area contributed by atoms with Crippen molar-refractivity contribution in [1.82, 2.24) is 10.2 Å². The normalized spacial score (nSPS) is 12.2. The number of benzene rings is 2. The highest BCUT2D eigenvalue weighted by Crippen LogP contribution is 2.22. The molecule has 0 heterocycles. The van der Waals surface area contributed by atoms with Crippen LogP contribution in [0.1, 0.15) is 12.5 Å². The molecular formula is C20H23ClFN3O4S. The first-order valence-electron chi connectivity index (χ1n) is 9.02.